The van der Waals surface area contributed by atoms with Gasteiger partial charge in [0.1, 0.15) is 6.61 Å². The van der Waals surface area contributed by atoms with Crippen LogP contribution in [-0.4, -0.2) is 17.3 Å². The van der Waals surface area contributed by atoms with Crippen LogP contribution in [0.15, 0.2) is 48.5 Å². The van der Waals surface area contributed by atoms with E-state index in [1.807, 2.05) is 0 Å². The van der Waals surface area contributed by atoms with E-state index in [1.165, 1.54) is 0 Å². The van der Waals surface area contributed by atoms with Crippen LogP contribution in [0.5, 0.6) is 0 Å². The van der Waals surface area contributed by atoms with E-state index in [-0.39, 0.29) is 6.61 Å². The van der Waals surface area contributed by atoms with Gasteiger partial charge in [0.05, 0.1) is 0 Å². The maximum absolute atomic E-state index is 10.2. The first kappa shape index (κ1) is 19.6. The molecule has 0 aromatic heterocycles. The van der Waals surface area contributed by atoms with E-state index >= 15 is 0 Å². The molecule has 24 heavy (non-hydrogen) atoms. The number of hydrogen-bond acceptors (Lipinski definition) is 3. The van der Waals surface area contributed by atoms with Crippen LogP contribution in [0.25, 0.3) is 0 Å². The normalized spacial score (nSPS) is 9.42. The number of ether oxygens (including phenoxy) is 1. The third-order valence-electron chi connectivity index (χ3n) is 2.65. The van der Waals surface area contributed by atoms with Gasteiger partial charge in [-0.05, 0) is 35.4 Å². The number of primary amides is 1. The first-order chi connectivity index (χ1) is 11.4. The summed E-state index contributed by atoms with van der Waals surface area (Å²) in [4.78, 5) is 20.3. The number of carbonyl (C=O) groups is 2. The molecule has 0 atom stereocenters. The van der Waals surface area contributed by atoms with E-state index in [2.05, 4.69) is 10.1 Å². The summed E-state index contributed by atoms with van der Waals surface area (Å²) >= 11 is 11.3. The van der Waals surface area contributed by atoms with Crippen molar-refractivity contribution in [2.24, 2.45) is 5.73 Å². The topological polar surface area (TPSA) is 102 Å². The smallest absolute Gasteiger partial charge is 0.404 e. The summed E-state index contributed by atoms with van der Waals surface area (Å²) in [6.07, 6.45) is -1.80. The van der Waals surface area contributed by atoms with E-state index in [0.29, 0.717) is 16.6 Å². The molecule has 6 nitrogen and oxygen atoms in total. The summed E-state index contributed by atoms with van der Waals surface area (Å²) < 4.78 is 4.56. The molecule has 128 valence electrons. The Morgan fingerprint density at radius 3 is 1.83 bits per heavy atom. The largest absolute Gasteiger partial charge is 0.465 e. The molecule has 0 saturated heterocycles. The molecule has 0 aliphatic carbocycles. The van der Waals surface area contributed by atoms with Crippen LogP contribution in [0, 0.1) is 0 Å². The van der Waals surface area contributed by atoms with Crippen LogP contribution in [0.4, 0.5) is 9.59 Å². The van der Waals surface area contributed by atoms with Crippen molar-refractivity contribution >= 4 is 35.4 Å². The summed E-state index contributed by atoms with van der Waals surface area (Å²) in [6, 6.07) is 14.0. The molecule has 0 aliphatic heterocycles. The van der Waals surface area contributed by atoms with Crippen molar-refractivity contribution < 1.29 is 19.4 Å². The predicted octanol–water partition coefficient (Wildman–Crippen LogP) is 4.04. The molecule has 2 rings (SSSR count). The molecule has 0 aliphatic rings. The minimum atomic E-state index is -1.02. The fourth-order valence-corrected chi connectivity index (χ4v) is 1.77. The van der Waals surface area contributed by atoms with E-state index in [4.69, 9.17) is 34.0 Å². The second-order valence-electron chi connectivity index (χ2n) is 4.52. The van der Waals surface area contributed by atoms with Crippen LogP contribution in [0.3, 0.4) is 0 Å². The Labute approximate surface area is 149 Å². The van der Waals surface area contributed by atoms with Gasteiger partial charge in [-0.1, -0.05) is 47.5 Å². The molecule has 0 saturated carbocycles. The minimum Gasteiger partial charge on any atom is -0.465 e. The fourth-order valence-electron chi connectivity index (χ4n) is 1.52. The van der Waals surface area contributed by atoms with E-state index in [9.17, 15) is 9.59 Å². The van der Waals surface area contributed by atoms with Gasteiger partial charge in [-0.2, -0.15) is 0 Å². The lowest BCUT2D eigenvalue weighted by Gasteiger charge is -2.00. The third-order valence-corrected chi connectivity index (χ3v) is 3.16. The average molecular weight is 371 g/mol. The van der Waals surface area contributed by atoms with Crippen molar-refractivity contribution in [3.63, 3.8) is 0 Å². The van der Waals surface area contributed by atoms with Crippen LogP contribution < -0.4 is 11.1 Å². The lowest BCUT2D eigenvalue weighted by Crippen LogP contribution is -2.19. The zero-order chi connectivity index (χ0) is 17.9. The monoisotopic (exact) mass is 370 g/mol. The van der Waals surface area contributed by atoms with Crippen molar-refractivity contribution in [3.05, 3.63) is 69.7 Å². The first-order valence-electron chi connectivity index (χ1n) is 6.74. The van der Waals surface area contributed by atoms with E-state index in [0.717, 1.165) is 11.1 Å². The van der Waals surface area contributed by atoms with E-state index in [1.54, 1.807) is 48.5 Å². The van der Waals surface area contributed by atoms with Crippen molar-refractivity contribution in [1.29, 1.82) is 0 Å². The maximum Gasteiger partial charge on any atom is 0.404 e. The summed E-state index contributed by atoms with van der Waals surface area (Å²) in [5, 5.41) is 11.8. The number of halogens is 2. The van der Waals surface area contributed by atoms with Crippen molar-refractivity contribution in [2.45, 2.75) is 13.2 Å². The van der Waals surface area contributed by atoms with Gasteiger partial charge in [0.15, 0.2) is 0 Å². The number of nitrogens with two attached hydrogens (primary N) is 1. The number of nitrogens with one attached hydrogen (secondary N) is 1. The molecule has 8 heteroatoms. The highest BCUT2D eigenvalue weighted by atomic mass is 35.5. The predicted molar refractivity (Wildman–Crippen MR) is 92.1 cm³/mol. The Balaban J connectivity index is 0.000000240. The first-order valence-corrected chi connectivity index (χ1v) is 7.50. The molecule has 2 aromatic carbocycles. The third kappa shape index (κ3) is 8.87. The zero-order valence-corrected chi connectivity index (χ0v) is 14.1. The summed E-state index contributed by atoms with van der Waals surface area (Å²) in [6.45, 7) is 0.499. The van der Waals surface area contributed by atoms with Gasteiger partial charge in [0, 0.05) is 16.6 Å². The number of hydrogen-bond donors (Lipinski definition) is 3. The Hall–Kier alpha value is -2.44. The van der Waals surface area contributed by atoms with Gasteiger partial charge < -0.3 is 20.9 Å². The number of amides is 2. The van der Waals surface area contributed by atoms with Gasteiger partial charge in [0.2, 0.25) is 0 Å². The number of rotatable bonds is 4. The Morgan fingerprint density at radius 1 is 0.958 bits per heavy atom. The van der Waals surface area contributed by atoms with Crippen LogP contribution in [0.2, 0.25) is 10.0 Å². The SMILES string of the molecule is NC(=O)OCc1ccc(Cl)cc1.O=C(O)NCc1ccc(Cl)cc1. The number of carbonyl (C=O) groups excluding carboxylic acids is 1. The Kier molecular flexibility index (Phi) is 8.46. The van der Waals surface area contributed by atoms with Gasteiger partial charge in [-0.3, -0.25) is 0 Å². The average Bonchev–Trinajstić information content (AvgIpc) is 2.54. The fraction of sp³-hybridized carbons (Fsp3) is 0.125. The highest BCUT2D eigenvalue weighted by Gasteiger charge is 1.96. The van der Waals surface area contributed by atoms with E-state index < -0.39 is 12.2 Å². The zero-order valence-electron chi connectivity index (χ0n) is 12.5. The number of benzene rings is 2. The molecular formula is C16H16Cl2N2O4. The second-order valence-corrected chi connectivity index (χ2v) is 5.39. The highest BCUT2D eigenvalue weighted by Crippen LogP contribution is 2.10. The summed E-state index contributed by atoms with van der Waals surface area (Å²) in [5.74, 6) is 0. The second kappa shape index (κ2) is 10.4. The molecule has 2 amide bonds. The molecular weight excluding hydrogens is 355 g/mol. The molecule has 0 fully saturated rings. The highest BCUT2D eigenvalue weighted by molar-refractivity contribution is 6.30. The lowest BCUT2D eigenvalue weighted by atomic mass is 10.2. The molecule has 0 bridgehead atoms. The summed E-state index contributed by atoms with van der Waals surface area (Å²) in [5.41, 5.74) is 6.53. The van der Waals surface area contributed by atoms with Gasteiger partial charge in [-0.25, -0.2) is 9.59 Å². The Bertz CT molecular complexity index is 601. The molecule has 4 N–H and O–H groups in total. The van der Waals surface area contributed by atoms with Crippen molar-refractivity contribution in [2.75, 3.05) is 0 Å². The quantitative estimate of drug-likeness (QED) is 0.755. The van der Waals surface area contributed by atoms with Crippen molar-refractivity contribution in [1.82, 2.24) is 5.32 Å². The lowest BCUT2D eigenvalue weighted by molar-refractivity contribution is 0.150. The van der Waals surface area contributed by atoms with Gasteiger partial charge >= 0.3 is 12.2 Å². The molecule has 0 radical (unpaired) electrons. The van der Waals surface area contributed by atoms with Crippen molar-refractivity contribution in [3.8, 4) is 0 Å². The summed E-state index contributed by atoms with van der Waals surface area (Å²) in [7, 11) is 0. The molecule has 0 heterocycles. The Morgan fingerprint density at radius 2 is 1.42 bits per heavy atom. The molecule has 2 aromatic rings. The van der Waals surface area contributed by atoms with Crippen LogP contribution in [0.1, 0.15) is 11.1 Å². The molecule has 0 spiro atoms. The number of carboxylic acid groups (broad SMARTS) is 1. The van der Waals surface area contributed by atoms with Crippen LogP contribution >= 0.6 is 23.2 Å². The molecule has 0 unspecified atom stereocenters. The maximum atomic E-state index is 10.2. The minimum absolute atomic E-state index is 0.187. The van der Waals surface area contributed by atoms with Crippen LogP contribution in [-0.2, 0) is 17.9 Å². The van der Waals surface area contributed by atoms with Gasteiger partial charge in [-0.15, -0.1) is 0 Å². The standard InChI is InChI=1S/2C8H8ClNO2/c9-7-3-1-6(2-4-7)5-12-8(10)11;9-7-3-1-6(2-4-7)5-10-8(11)12/h1-4H,5H2,(H2,10,11);1-4,10H,5H2,(H,11,12). The van der Waals surface area contributed by atoms with Gasteiger partial charge in [0.25, 0.3) is 0 Å².